The van der Waals surface area contributed by atoms with Crippen molar-refractivity contribution in [1.82, 2.24) is 19.9 Å². The Morgan fingerprint density at radius 1 is 1.23 bits per heavy atom. The molecule has 4 heterocycles. The van der Waals surface area contributed by atoms with Gasteiger partial charge in [0.15, 0.2) is 18.9 Å². The van der Waals surface area contributed by atoms with Crippen LogP contribution in [0.4, 0.5) is 5.69 Å². The summed E-state index contributed by atoms with van der Waals surface area (Å²) < 4.78 is 9.22. The number of aromatic nitrogens is 4. The van der Waals surface area contributed by atoms with Gasteiger partial charge in [-0.25, -0.2) is 9.55 Å². The Hall–Kier alpha value is -3.39. The first kappa shape index (κ1) is 21.3. The number of rotatable bonds is 6. The predicted octanol–water partition coefficient (Wildman–Crippen LogP) is -0.631. The fourth-order valence-corrected chi connectivity index (χ4v) is 3.33. The van der Waals surface area contributed by atoms with Gasteiger partial charge in [-0.05, 0) is 26.0 Å². The molecular weight excluding hydrogens is 404 g/mol. The molecule has 30 heavy (non-hydrogen) atoms. The smallest absolute Gasteiger partial charge is 0.251 e. The van der Waals surface area contributed by atoms with Crippen molar-refractivity contribution in [2.45, 2.75) is 20.4 Å². The van der Waals surface area contributed by atoms with Gasteiger partial charge in [-0.15, -0.1) is 0 Å². The standard InChI is InChI=1S/C21H22N6O2.ClH/c1-14-20(15(2)29-25-14)18-13-24-19-12-16(4-10-27(18)19)21(28)23-7-11-26-8-5-17(22-3)6-9-26;/h4-6,8-10,12-13H,7,11H2,1-3H3,(H,23,28);1H. The Kier molecular flexibility index (Phi) is 6.37. The molecule has 0 unspecified atom stereocenters. The number of carbonyl (C=O) groups is 1. The number of hydrogen-bond donors (Lipinski definition) is 2. The van der Waals surface area contributed by atoms with Crippen LogP contribution in [0.1, 0.15) is 21.8 Å². The van der Waals surface area contributed by atoms with E-state index >= 15 is 0 Å². The number of nitrogens with zero attached hydrogens (tertiary/aromatic N) is 4. The SMILES string of the molecule is CNc1cc[n+](CCNC(=O)c2ccn3c(-c4c(C)noc4C)cnc3c2)cc1.[Cl-]. The van der Waals surface area contributed by atoms with E-state index in [2.05, 4.69) is 20.8 Å². The van der Waals surface area contributed by atoms with Crippen LogP contribution in [-0.4, -0.2) is 34.0 Å². The molecule has 0 spiro atoms. The summed E-state index contributed by atoms with van der Waals surface area (Å²) in [5.41, 5.74) is 4.95. The number of carbonyl (C=O) groups excluding carboxylic acids is 1. The quantitative estimate of drug-likeness (QED) is 0.401. The van der Waals surface area contributed by atoms with Crippen LogP contribution in [0.2, 0.25) is 0 Å². The van der Waals surface area contributed by atoms with Crippen LogP contribution in [0.25, 0.3) is 16.9 Å². The van der Waals surface area contributed by atoms with Crippen LogP contribution in [0, 0.1) is 13.8 Å². The minimum atomic E-state index is -0.123. The second-order valence-corrected chi connectivity index (χ2v) is 6.82. The lowest BCUT2D eigenvalue weighted by molar-refractivity contribution is -0.694. The van der Waals surface area contributed by atoms with E-state index in [1.807, 2.05) is 60.6 Å². The molecule has 9 heteroatoms. The predicted molar refractivity (Wildman–Crippen MR) is 109 cm³/mol. The van der Waals surface area contributed by atoms with Gasteiger partial charge in [-0.1, -0.05) is 5.16 Å². The van der Waals surface area contributed by atoms with Crippen molar-refractivity contribution in [1.29, 1.82) is 0 Å². The highest BCUT2D eigenvalue weighted by atomic mass is 35.5. The molecule has 156 valence electrons. The van der Waals surface area contributed by atoms with E-state index in [0.717, 1.165) is 28.4 Å². The third-order valence-corrected chi connectivity index (χ3v) is 4.90. The summed E-state index contributed by atoms with van der Waals surface area (Å²) in [6, 6.07) is 7.56. The molecule has 4 aromatic heterocycles. The molecule has 0 radical (unpaired) electrons. The molecule has 0 saturated heterocycles. The maximum atomic E-state index is 12.5. The van der Waals surface area contributed by atoms with Crippen molar-refractivity contribution in [3.63, 3.8) is 0 Å². The van der Waals surface area contributed by atoms with E-state index in [0.29, 0.717) is 24.3 Å². The van der Waals surface area contributed by atoms with E-state index in [1.54, 1.807) is 18.3 Å². The fraction of sp³-hybridized carbons (Fsp3) is 0.238. The third-order valence-electron chi connectivity index (χ3n) is 4.90. The van der Waals surface area contributed by atoms with E-state index in [1.165, 1.54) is 0 Å². The van der Waals surface area contributed by atoms with Gasteiger partial charge in [0.25, 0.3) is 5.91 Å². The Morgan fingerprint density at radius 2 is 2.00 bits per heavy atom. The number of anilines is 1. The normalized spacial score (nSPS) is 10.6. The largest absolute Gasteiger partial charge is 1.00 e. The first-order valence-electron chi connectivity index (χ1n) is 9.42. The van der Waals surface area contributed by atoms with Crippen molar-refractivity contribution in [3.05, 3.63) is 66.1 Å². The number of nitrogens with one attached hydrogen (secondary N) is 2. The average molecular weight is 427 g/mol. The number of hydrogen-bond acceptors (Lipinski definition) is 5. The van der Waals surface area contributed by atoms with Gasteiger partial charge in [0, 0.05) is 36.6 Å². The molecule has 8 nitrogen and oxygen atoms in total. The topological polar surface area (TPSA) is 88.3 Å². The van der Waals surface area contributed by atoms with Crippen molar-refractivity contribution >= 4 is 17.2 Å². The molecule has 0 bridgehead atoms. The minimum Gasteiger partial charge on any atom is -1.00 e. The molecule has 0 aliphatic heterocycles. The van der Waals surface area contributed by atoms with Gasteiger partial charge in [0.1, 0.15) is 11.4 Å². The summed E-state index contributed by atoms with van der Waals surface area (Å²) in [5.74, 6) is 0.619. The van der Waals surface area contributed by atoms with E-state index < -0.39 is 0 Å². The molecule has 1 amide bonds. The summed E-state index contributed by atoms with van der Waals surface area (Å²) in [5, 5.41) is 10.0. The Labute approximate surface area is 180 Å². The molecule has 4 aromatic rings. The zero-order valence-corrected chi connectivity index (χ0v) is 17.8. The highest BCUT2D eigenvalue weighted by Crippen LogP contribution is 2.27. The molecule has 0 atom stereocenters. The highest BCUT2D eigenvalue weighted by molar-refractivity contribution is 5.95. The number of amides is 1. The molecule has 0 aliphatic carbocycles. The monoisotopic (exact) mass is 426 g/mol. The maximum absolute atomic E-state index is 12.5. The van der Waals surface area contributed by atoms with Crippen molar-refractivity contribution in [2.75, 3.05) is 18.9 Å². The second-order valence-electron chi connectivity index (χ2n) is 6.82. The molecule has 4 rings (SSSR count). The third kappa shape index (κ3) is 4.13. The molecule has 0 aliphatic rings. The van der Waals surface area contributed by atoms with E-state index in [-0.39, 0.29) is 18.3 Å². The van der Waals surface area contributed by atoms with Crippen LogP contribution in [0.5, 0.6) is 0 Å². The Bertz CT molecular complexity index is 1150. The lowest BCUT2D eigenvalue weighted by Crippen LogP contribution is -3.00. The van der Waals surface area contributed by atoms with Crippen molar-refractivity contribution in [2.24, 2.45) is 0 Å². The van der Waals surface area contributed by atoms with E-state index in [4.69, 9.17) is 4.52 Å². The van der Waals surface area contributed by atoms with Crippen LogP contribution in [0.15, 0.2) is 53.6 Å². The van der Waals surface area contributed by atoms with Gasteiger partial charge in [-0.3, -0.25) is 9.20 Å². The summed E-state index contributed by atoms with van der Waals surface area (Å²) in [6.45, 7) is 5.00. The number of aryl methyl sites for hydroxylation is 2. The Balaban J connectivity index is 0.00000256. The van der Waals surface area contributed by atoms with Crippen LogP contribution in [-0.2, 0) is 6.54 Å². The van der Waals surface area contributed by atoms with Crippen molar-refractivity contribution < 1.29 is 26.3 Å². The first-order valence-corrected chi connectivity index (χ1v) is 9.42. The summed E-state index contributed by atoms with van der Waals surface area (Å²) in [4.78, 5) is 17.0. The summed E-state index contributed by atoms with van der Waals surface area (Å²) in [6.07, 6.45) is 7.58. The lowest BCUT2D eigenvalue weighted by atomic mass is 10.1. The van der Waals surface area contributed by atoms with Crippen LogP contribution < -0.4 is 27.6 Å². The zero-order chi connectivity index (χ0) is 20.4. The van der Waals surface area contributed by atoms with Crippen LogP contribution in [0.3, 0.4) is 0 Å². The van der Waals surface area contributed by atoms with Crippen LogP contribution >= 0.6 is 0 Å². The van der Waals surface area contributed by atoms with Gasteiger partial charge in [0.05, 0.1) is 29.7 Å². The molecule has 2 N–H and O–H groups in total. The molecular formula is C21H23ClN6O2. The molecule has 0 aromatic carbocycles. The molecule has 0 fully saturated rings. The van der Waals surface area contributed by atoms with Gasteiger partial charge < -0.3 is 27.6 Å². The zero-order valence-electron chi connectivity index (χ0n) is 17.0. The summed E-state index contributed by atoms with van der Waals surface area (Å²) >= 11 is 0. The first-order chi connectivity index (χ1) is 14.1. The number of fused-ring (bicyclic) bond motifs is 1. The van der Waals surface area contributed by atoms with Gasteiger partial charge in [0.2, 0.25) is 0 Å². The summed E-state index contributed by atoms with van der Waals surface area (Å²) in [7, 11) is 1.88. The Morgan fingerprint density at radius 3 is 2.67 bits per heavy atom. The lowest BCUT2D eigenvalue weighted by Gasteiger charge is -2.06. The fourth-order valence-electron chi connectivity index (χ4n) is 3.33. The van der Waals surface area contributed by atoms with Gasteiger partial charge >= 0.3 is 0 Å². The average Bonchev–Trinajstić information content (AvgIpc) is 3.30. The number of pyridine rings is 2. The highest BCUT2D eigenvalue weighted by Gasteiger charge is 2.16. The number of halogens is 1. The number of imidazole rings is 1. The van der Waals surface area contributed by atoms with Gasteiger partial charge in [-0.2, -0.15) is 0 Å². The minimum absolute atomic E-state index is 0. The van der Waals surface area contributed by atoms with Crippen molar-refractivity contribution in [3.8, 4) is 11.3 Å². The maximum Gasteiger partial charge on any atom is 0.251 e. The van der Waals surface area contributed by atoms with E-state index in [9.17, 15) is 4.79 Å². The second kappa shape index (κ2) is 8.96. The molecule has 0 saturated carbocycles.